The van der Waals surface area contributed by atoms with Crippen molar-refractivity contribution >= 4 is 17.3 Å². The molecule has 0 fully saturated rings. The molecule has 0 saturated heterocycles. The minimum absolute atomic E-state index is 0.0982. The van der Waals surface area contributed by atoms with E-state index < -0.39 is 10.8 Å². The molecule has 1 aromatic carbocycles. The van der Waals surface area contributed by atoms with Crippen molar-refractivity contribution in [2.45, 2.75) is 20.4 Å². The molecule has 0 aliphatic heterocycles. The molecule has 2 heterocycles. The molecule has 3 rings (SSSR count). The fourth-order valence-corrected chi connectivity index (χ4v) is 2.82. The van der Waals surface area contributed by atoms with Crippen LogP contribution in [-0.2, 0) is 13.6 Å². The summed E-state index contributed by atoms with van der Waals surface area (Å²) in [7, 11) is 1.50. The van der Waals surface area contributed by atoms with Gasteiger partial charge in [0.15, 0.2) is 0 Å². The van der Waals surface area contributed by atoms with Crippen molar-refractivity contribution in [3.63, 3.8) is 0 Å². The first-order valence-electron chi connectivity index (χ1n) is 7.92. The second-order valence-electron chi connectivity index (χ2n) is 6.03. The zero-order chi connectivity index (χ0) is 18.8. The first-order chi connectivity index (χ1) is 12.3. The number of amides is 1. The molecule has 0 spiro atoms. The smallest absolute Gasteiger partial charge is 0.318 e. The van der Waals surface area contributed by atoms with Gasteiger partial charge in [0.05, 0.1) is 23.4 Å². The lowest BCUT2D eigenvalue weighted by Crippen LogP contribution is -2.17. The normalized spacial score (nSPS) is 10.7. The number of aryl methyl sites for hydroxylation is 3. The summed E-state index contributed by atoms with van der Waals surface area (Å²) in [6.07, 6.45) is 3.18. The predicted octanol–water partition coefficient (Wildman–Crippen LogP) is 2.44. The van der Waals surface area contributed by atoms with Crippen LogP contribution in [-0.4, -0.2) is 30.4 Å². The molecule has 2 aromatic heterocycles. The summed E-state index contributed by atoms with van der Waals surface area (Å²) in [4.78, 5) is 23.1. The van der Waals surface area contributed by atoms with Crippen LogP contribution in [0.15, 0.2) is 36.7 Å². The van der Waals surface area contributed by atoms with Crippen LogP contribution in [0, 0.1) is 24.0 Å². The van der Waals surface area contributed by atoms with Crippen LogP contribution >= 0.6 is 0 Å². The number of carbonyl (C=O) groups is 1. The van der Waals surface area contributed by atoms with Gasteiger partial charge in [0, 0.05) is 13.2 Å². The number of benzene rings is 1. The number of aromatic nitrogens is 4. The van der Waals surface area contributed by atoms with Gasteiger partial charge in [-0.25, -0.2) is 0 Å². The Bertz CT molecular complexity index is 988. The first-order valence-corrected chi connectivity index (χ1v) is 7.92. The molecule has 9 nitrogen and oxygen atoms in total. The van der Waals surface area contributed by atoms with E-state index in [9.17, 15) is 14.9 Å². The average molecular weight is 354 g/mol. The fraction of sp³-hybridized carbons (Fsp3) is 0.235. The third kappa shape index (κ3) is 3.46. The summed E-state index contributed by atoms with van der Waals surface area (Å²) >= 11 is 0. The molecule has 0 saturated carbocycles. The standard InChI is InChI=1S/C17H18N6O3/c1-11-5-4-6-13(7-11)9-22-10-14(8-18-22)19-17(24)16-15(23(25)26)12(2)20-21(16)3/h4-8,10H,9H2,1-3H3,(H,19,24). The van der Waals surface area contributed by atoms with Crippen LogP contribution in [0.2, 0.25) is 0 Å². The maximum Gasteiger partial charge on any atom is 0.322 e. The lowest BCUT2D eigenvalue weighted by Gasteiger charge is -2.04. The highest BCUT2D eigenvalue weighted by molar-refractivity contribution is 6.05. The summed E-state index contributed by atoms with van der Waals surface area (Å²) in [5.74, 6) is -0.602. The highest BCUT2D eigenvalue weighted by Gasteiger charge is 2.29. The van der Waals surface area contributed by atoms with E-state index in [0.717, 1.165) is 11.1 Å². The molecule has 1 N–H and O–H groups in total. The molecule has 0 bridgehead atoms. The van der Waals surface area contributed by atoms with Crippen molar-refractivity contribution < 1.29 is 9.72 Å². The zero-order valence-corrected chi connectivity index (χ0v) is 14.6. The number of nitrogens with one attached hydrogen (secondary N) is 1. The van der Waals surface area contributed by atoms with Gasteiger partial charge in [-0.3, -0.25) is 24.3 Å². The van der Waals surface area contributed by atoms with E-state index in [0.29, 0.717) is 12.2 Å². The molecule has 0 unspecified atom stereocenters. The van der Waals surface area contributed by atoms with E-state index in [1.807, 2.05) is 25.1 Å². The van der Waals surface area contributed by atoms with Crippen LogP contribution < -0.4 is 5.32 Å². The number of anilines is 1. The Hall–Kier alpha value is -3.49. The molecule has 1 amide bonds. The Morgan fingerprint density at radius 2 is 2.12 bits per heavy atom. The van der Waals surface area contributed by atoms with Gasteiger partial charge in [-0.15, -0.1) is 0 Å². The van der Waals surface area contributed by atoms with Gasteiger partial charge in [-0.1, -0.05) is 29.8 Å². The van der Waals surface area contributed by atoms with Crippen LogP contribution in [0.1, 0.15) is 27.3 Å². The summed E-state index contributed by atoms with van der Waals surface area (Å²) < 4.78 is 2.90. The van der Waals surface area contributed by atoms with Crippen LogP contribution in [0.4, 0.5) is 11.4 Å². The van der Waals surface area contributed by atoms with Crippen molar-refractivity contribution in [3.05, 3.63) is 69.3 Å². The number of carbonyl (C=O) groups excluding carboxylic acids is 1. The van der Waals surface area contributed by atoms with Crippen molar-refractivity contribution in [1.82, 2.24) is 19.6 Å². The fourth-order valence-electron chi connectivity index (χ4n) is 2.82. The van der Waals surface area contributed by atoms with Crippen molar-refractivity contribution in [2.75, 3.05) is 5.32 Å². The van der Waals surface area contributed by atoms with Crippen molar-refractivity contribution in [1.29, 1.82) is 0 Å². The van der Waals surface area contributed by atoms with Gasteiger partial charge >= 0.3 is 5.69 Å². The summed E-state index contributed by atoms with van der Waals surface area (Å²) in [5.41, 5.74) is 2.50. The van der Waals surface area contributed by atoms with Crippen molar-refractivity contribution in [2.24, 2.45) is 7.05 Å². The third-order valence-corrected chi connectivity index (χ3v) is 3.91. The van der Waals surface area contributed by atoms with E-state index in [1.54, 1.807) is 10.9 Å². The minimum Gasteiger partial charge on any atom is -0.318 e. The van der Waals surface area contributed by atoms with Crippen LogP contribution in [0.25, 0.3) is 0 Å². The number of nitrogens with zero attached hydrogens (tertiary/aromatic N) is 5. The maximum absolute atomic E-state index is 12.5. The van der Waals surface area contributed by atoms with E-state index in [1.165, 1.54) is 24.9 Å². The Balaban J connectivity index is 1.77. The highest BCUT2D eigenvalue weighted by Crippen LogP contribution is 2.23. The quantitative estimate of drug-likeness (QED) is 0.559. The SMILES string of the molecule is Cc1cccc(Cn2cc(NC(=O)c3c([N+](=O)[O-])c(C)nn3C)cn2)c1. The molecular formula is C17H18N6O3. The molecule has 134 valence electrons. The number of nitro groups is 1. The van der Waals surface area contributed by atoms with Crippen LogP contribution in [0.3, 0.4) is 0 Å². The zero-order valence-electron chi connectivity index (χ0n) is 14.6. The second-order valence-corrected chi connectivity index (χ2v) is 6.03. The van der Waals surface area contributed by atoms with Gasteiger partial charge in [0.25, 0.3) is 5.91 Å². The lowest BCUT2D eigenvalue weighted by atomic mass is 10.1. The van der Waals surface area contributed by atoms with E-state index in [-0.39, 0.29) is 17.1 Å². The van der Waals surface area contributed by atoms with Gasteiger partial charge in [0.2, 0.25) is 5.69 Å². The van der Waals surface area contributed by atoms with Gasteiger partial charge in [-0.05, 0) is 19.4 Å². The molecule has 0 aliphatic carbocycles. The molecule has 0 aliphatic rings. The van der Waals surface area contributed by atoms with E-state index in [4.69, 9.17) is 0 Å². The topological polar surface area (TPSA) is 108 Å². The molecule has 26 heavy (non-hydrogen) atoms. The number of hydrogen-bond acceptors (Lipinski definition) is 5. The van der Waals surface area contributed by atoms with E-state index >= 15 is 0 Å². The Kier molecular flexibility index (Phi) is 4.53. The number of rotatable bonds is 5. The Labute approximate surface area is 149 Å². The average Bonchev–Trinajstić information content (AvgIpc) is 3.10. The molecule has 3 aromatic rings. The summed E-state index contributed by atoms with van der Waals surface area (Å²) in [6.45, 7) is 4.07. The maximum atomic E-state index is 12.5. The van der Waals surface area contributed by atoms with Gasteiger partial charge in [-0.2, -0.15) is 10.2 Å². The van der Waals surface area contributed by atoms with Gasteiger partial charge < -0.3 is 5.32 Å². The summed E-state index contributed by atoms with van der Waals surface area (Å²) in [6, 6.07) is 8.04. The Morgan fingerprint density at radius 3 is 2.81 bits per heavy atom. The second kappa shape index (κ2) is 6.79. The summed E-state index contributed by atoms with van der Waals surface area (Å²) in [5, 5.41) is 22.0. The molecule has 0 atom stereocenters. The minimum atomic E-state index is -0.602. The van der Waals surface area contributed by atoms with E-state index in [2.05, 4.69) is 21.6 Å². The van der Waals surface area contributed by atoms with Crippen molar-refractivity contribution in [3.8, 4) is 0 Å². The van der Waals surface area contributed by atoms with Gasteiger partial charge in [0.1, 0.15) is 5.69 Å². The predicted molar refractivity (Wildman–Crippen MR) is 95.1 cm³/mol. The monoisotopic (exact) mass is 354 g/mol. The largest absolute Gasteiger partial charge is 0.322 e. The lowest BCUT2D eigenvalue weighted by molar-refractivity contribution is -0.385. The third-order valence-electron chi connectivity index (χ3n) is 3.91. The van der Waals surface area contributed by atoms with Crippen LogP contribution in [0.5, 0.6) is 0 Å². The molecular weight excluding hydrogens is 336 g/mol. The first kappa shape index (κ1) is 17.3. The Morgan fingerprint density at radius 1 is 1.35 bits per heavy atom. The molecule has 0 radical (unpaired) electrons. The number of hydrogen-bond donors (Lipinski definition) is 1. The highest BCUT2D eigenvalue weighted by atomic mass is 16.6. The molecule has 9 heteroatoms.